The molecule has 1 N–H and O–H groups in total. The molecule has 0 radical (unpaired) electrons. The lowest BCUT2D eigenvalue weighted by Gasteiger charge is -2.28. The standard InChI is InChI=1S/C35H31ClN4O5/c1-20-28(24-13-12-23(45-4)18-30(24)40(20)33(42)21-8-10-22(36)11-9-21)19-31(41)37-16-17-39-34(43)26-7-5-6-25-29(38(2)3)15-14-27(32(25)26)35(39)44/h5-15,18H,16-17,19H2,1-4H3,(H,37,41). The van der Waals surface area contributed by atoms with E-state index < -0.39 is 11.8 Å². The highest BCUT2D eigenvalue weighted by Crippen LogP contribution is 2.35. The smallest absolute Gasteiger partial charge is 0.262 e. The maximum absolute atomic E-state index is 13.6. The molecule has 45 heavy (non-hydrogen) atoms. The molecule has 6 rings (SSSR count). The number of methoxy groups -OCH3 is 1. The molecule has 1 aromatic heterocycles. The van der Waals surface area contributed by atoms with E-state index in [1.165, 1.54) is 4.90 Å². The van der Waals surface area contributed by atoms with Gasteiger partial charge in [-0.05, 0) is 67.1 Å². The molecule has 2 heterocycles. The third-order valence-corrected chi connectivity index (χ3v) is 8.53. The van der Waals surface area contributed by atoms with Gasteiger partial charge in [-0.15, -0.1) is 0 Å². The number of hydrogen-bond acceptors (Lipinski definition) is 6. The minimum absolute atomic E-state index is 0.00704. The summed E-state index contributed by atoms with van der Waals surface area (Å²) in [6, 6.07) is 21.1. The predicted octanol–water partition coefficient (Wildman–Crippen LogP) is 5.47. The number of hydrogen-bond donors (Lipinski definition) is 1. The Morgan fingerprint density at radius 3 is 2.31 bits per heavy atom. The Morgan fingerprint density at radius 1 is 0.911 bits per heavy atom. The number of carbonyl (C=O) groups is 4. The summed E-state index contributed by atoms with van der Waals surface area (Å²) in [7, 11) is 5.38. The van der Waals surface area contributed by atoms with Crippen LogP contribution in [0.1, 0.15) is 42.3 Å². The number of imide groups is 1. The third kappa shape index (κ3) is 5.19. The van der Waals surface area contributed by atoms with Crippen LogP contribution in [0.5, 0.6) is 5.75 Å². The number of halogens is 1. The zero-order valence-corrected chi connectivity index (χ0v) is 26.1. The van der Waals surface area contributed by atoms with Gasteiger partial charge in [0.15, 0.2) is 0 Å². The van der Waals surface area contributed by atoms with Crippen molar-refractivity contribution < 1.29 is 23.9 Å². The number of anilines is 1. The normalized spacial score (nSPS) is 12.6. The molecular weight excluding hydrogens is 592 g/mol. The quantitative estimate of drug-likeness (QED) is 0.230. The Bertz CT molecular complexity index is 2010. The second-order valence-corrected chi connectivity index (χ2v) is 11.6. The number of carbonyl (C=O) groups excluding carboxylic acids is 4. The third-order valence-electron chi connectivity index (χ3n) is 8.28. The van der Waals surface area contributed by atoms with Gasteiger partial charge in [0.05, 0.1) is 19.0 Å². The molecule has 0 unspecified atom stereocenters. The van der Waals surface area contributed by atoms with Gasteiger partial charge in [-0.1, -0.05) is 23.7 Å². The number of nitrogens with one attached hydrogen (secondary N) is 1. The minimum Gasteiger partial charge on any atom is -0.497 e. The van der Waals surface area contributed by atoms with Crippen molar-refractivity contribution in [1.29, 1.82) is 0 Å². The predicted molar refractivity (Wildman–Crippen MR) is 175 cm³/mol. The number of amides is 3. The van der Waals surface area contributed by atoms with E-state index in [2.05, 4.69) is 5.32 Å². The summed E-state index contributed by atoms with van der Waals surface area (Å²) in [6.45, 7) is 1.89. The van der Waals surface area contributed by atoms with E-state index >= 15 is 0 Å². The van der Waals surface area contributed by atoms with E-state index in [1.54, 1.807) is 67.1 Å². The number of nitrogens with zero attached hydrogens (tertiary/aromatic N) is 3. The Balaban J connectivity index is 1.21. The highest BCUT2D eigenvalue weighted by molar-refractivity contribution is 6.30. The molecular formula is C35H31ClN4O5. The molecule has 3 amide bonds. The highest BCUT2D eigenvalue weighted by atomic mass is 35.5. The summed E-state index contributed by atoms with van der Waals surface area (Å²) >= 11 is 6.03. The minimum atomic E-state index is -0.392. The largest absolute Gasteiger partial charge is 0.497 e. The highest BCUT2D eigenvalue weighted by Gasteiger charge is 2.33. The molecule has 0 saturated heterocycles. The Morgan fingerprint density at radius 2 is 1.62 bits per heavy atom. The van der Waals surface area contributed by atoms with Gasteiger partial charge >= 0.3 is 0 Å². The zero-order valence-electron chi connectivity index (χ0n) is 25.3. The first-order chi connectivity index (χ1) is 21.6. The maximum Gasteiger partial charge on any atom is 0.262 e. The van der Waals surface area contributed by atoms with E-state index in [1.807, 2.05) is 43.3 Å². The molecule has 1 aliphatic rings. The van der Waals surface area contributed by atoms with Crippen molar-refractivity contribution in [2.24, 2.45) is 0 Å². The van der Waals surface area contributed by atoms with Crippen molar-refractivity contribution in [3.05, 3.63) is 106 Å². The molecule has 0 saturated carbocycles. The Hall–Kier alpha value is -5.15. The van der Waals surface area contributed by atoms with E-state index in [0.717, 1.165) is 16.5 Å². The summed E-state index contributed by atoms with van der Waals surface area (Å²) in [5.74, 6) is -0.771. The van der Waals surface area contributed by atoms with Crippen LogP contribution in [0.4, 0.5) is 5.69 Å². The average Bonchev–Trinajstić information content (AvgIpc) is 3.30. The van der Waals surface area contributed by atoms with Crippen molar-refractivity contribution in [3.63, 3.8) is 0 Å². The van der Waals surface area contributed by atoms with E-state index in [0.29, 0.717) is 49.6 Å². The van der Waals surface area contributed by atoms with Crippen molar-refractivity contribution in [1.82, 2.24) is 14.8 Å². The molecule has 0 fully saturated rings. The van der Waals surface area contributed by atoms with Gasteiger partial charge in [-0.2, -0.15) is 0 Å². The fourth-order valence-electron chi connectivity index (χ4n) is 6.05. The molecule has 0 atom stereocenters. The number of ether oxygens (including phenoxy) is 1. The number of rotatable bonds is 8. The summed E-state index contributed by atoms with van der Waals surface area (Å²) in [6.07, 6.45) is -0.00704. The summed E-state index contributed by atoms with van der Waals surface area (Å²) in [5.41, 5.74) is 4.21. The fourth-order valence-corrected chi connectivity index (χ4v) is 6.18. The van der Waals surface area contributed by atoms with Crippen molar-refractivity contribution in [2.75, 3.05) is 39.2 Å². The summed E-state index contributed by atoms with van der Waals surface area (Å²) < 4.78 is 6.99. The summed E-state index contributed by atoms with van der Waals surface area (Å²) in [4.78, 5) is 56.8. The topological polar surface area (TPSA) is 101 Å². The second-order valence-electron chi connectivity index (χ2n) is 11.1. The van der Waals surface area contributed by atoms with Crippen LogP contribution < -0.4 is 15.0 Å². The Kier molecular flexibility index (Phi) is 7.80. The molecule has 10 heteroatoms. The molecule has 1 aliphatic heterocycles. The van der Waals surface area contributed by atoms with Gasteiger partial charge in [0.25, 0.3) is 17.7 Å². The van der Waals surface area contributed by atoms with Crippen LogP contribution in [0.15, 0.2) is 72.8 Å². The van der Waals surface area contributed by atoms with E-state index in [4.69, 9.17) is 16.3 Å². The van der Waals surface area contributed by atoms with Crippen molar-refractivity contribution in [3.8, 4) is 5.75 Å². The average molecular weight is 623 g/mol. The van der Waals surface area contributed by atoms with Crippen LogP contribution in [0.2, 0.25) is 5.02 Å². The van der Waals surface area contributed by atoms with Gasteiger partial charge in [-0.3, -0.25) is 28.6 Å². The SMILES string of the molecule is COc1ccc2c(CC(=O)NCCN3C(=O)c4cccc5c(N(C)C)ccc(c45)C3=O)c(C)n(C(=O)c3ccc(Cl)cc3)c2c1. The second kappa shape index (κ2) is 11.7. The van der Waals surface area contributed by atoms with E-state index in [9.17, 15) is 19.2 Å². The van der Waals surface area contributed by atoms with Crippen LogP contribution in [0.3, 0.4) is 0 Å². The molecule has 9 nitrogen and oxygen atoms in total. The van der Waals surface area contributed by atoms with Crippen LogP contribution in [0, 0.1) is 6.92 Å². The van der Waals surface area contributed by atoms with Gasteiger partial charge in [0.1, 0.15) is 5.75 Å². The lowest BCUT2D eigenvalue weighted by Crippen LogP contribution is -2.44. The fraction of sp³-hybridized carbons (Fsp3) is 0.200. The first kappa shape index (κ1) is 29.9. The van der Waals surface area contributed by atoms with E-state index in [-0.39, 0.29) is 31.3 Å². The van der Waals surface area contributed by atoms with Gasteiger partial charge in [0.2, 0.25) is 5.91 Å². The monoisotopic (exact) mass is 622 g/mol. The first-order valence-electron chi connectivity index (χ1n) is 14.4. The lowest BCUT2D eigenvalue weighted by molar-refractivity contribution is -0.120. The molecule has 0 bridgehead atoms. The van der Waals surface area contributed by atoms with Crippen LogP contribution >= 0.6 is 11.6 Å². The number of benzene rings is 4. The van der Waals surface area contributed by atoms with Gasteiger partial charge in [0, 0.05) is 82.5 Å². The zero-order chi connectivity index (χ0) is 32.0. The lowest BCUT2D eigenvalue weighted by atomic mass is 9.93. The molecule has 5 aromatic rings. The maximum atomic E-state index is 13.6. The number of fused-ring (bicyclic) bond motifs is 1. The van der Waals surface area contributed by atoms with Crippen molar-refractivity contribution in [2.45, 2.75) is 13.3 Å². The molecule has 4 aromatic carbocycles. The van der Waals surface area contributed by atoms with Crippen molar-refractivity contribution >= 4 is 62.6 Å². The number of aromatic nitrogens is 1. The van der Waals surface area contributed by atoms with Crippen LogP contribution in [-0.2, 0) is 11.2 Å². The first-order valence-corrected chi connectivity index (χ1v) is 14.8. The molecule has 0 aliphatic carbocycles. The van der Waals surface area contributed by atoms with Gasteiger partial charge in [-0.25, -0.2) is 0 Å². The van der Waals surface area contributed by atoms with Gasteiger partial charge < -0.3 is 15.0 Å². The molecule has 0 spiro atoms. The Labute approximate surface area is 264 Å². The summed E-state index contributed by atoms with van der Waals surface area (Å²) in [5, 5.41) is 5.61. The van der Waals surface area contributed by atoms with Crippen LogP contribution in [-0.4, -0.2) is 67.4 Å². The molecule has 228 valence electrons. The van der Waals surface area contributed by atoms with Crippen LogP contribution in [0.25, 0.3) is 21.7 Å².